The average Bonchev–Trinajstić information content (AvgIpc) is 2.74. The number of carbonyl (C=O) groups excluding carboxylic acids is 1. The van der Waals surface area contributed by atoms with E-state index >= 15 is 0 Å². The van der Waals surface area contributed by atoms with Gasteiger partial charge >= 0.3 is 0 Å². The van der Waals surface area contributed by atoms with Crippen LogP contribution in [0.1, 0.15) is 27.2 Å². The van der Waals surface area contributed by atoms with Crippen LogP contribution in [-0.4, -0.2) is 33.5 Å². The Morgan fingerprint density at radius 2 is 2.24 bits per heavy atom. The first-order chi connectivity index (χ1) is 7.91. The lowest BCUT2D eigenvalue weighted by Crippen LogP contribution is -2.48. The van der Waals surface area contributed by atoms with E-state index in [0.29, 0.717) is 6.54 Å². The number of aryl methyl sites for hydroxylation is 1. The zero-order chi connectivity index (χ0) is 12.9. The molecule has 1 aromatic heterocycles. The van der Waals surface area contributed by atoms with Crippen molar-refractivity contribution in [2.24, 2.45) is 11.1 Å². The minimum Gasteiger partial charge on any atom is -0.355 e. The molecule has 0 aliphatic carbocycles. The van der Waals surface area contributed by atoms with Crippen molar-refractivity contribution in [3.63, 3.8) is 0 Å². The molecule has 0 aliphatic rings. The monoisotopic (exact) mass is 239 g/mol. The van der Waals surface area contributed by atoms with E-state index < -0.39 is 6.04 Å². The number of amides is 1. The van der Waals surface area contributed by atoms with Crippen LogP contribution in [0.25, 0.3) is 0 Å². The maximum Gasteiger partial charge on any atom is 0.237 e. The Balaban J connectivity index is 2.20. The molecule has 0 fully saturated rings. The zero-order valence-corrected chi connectivity index (χ0v) is 10.7. The molecule has 0 aliphatic heterocycles. The van der Waals surface area contributed by atoms with Crippen LogP contribution in [0.2, 0.25) is 0 Å². The Hall–Kier alpha value is -1.43. The summed E-state index contributed by atoms with van der Waals surface area (Å²) in [5, 5.41) is 10.4. The molecule has 6 heteroatoms. The van der Waals surface area contributed by atoms with E-state index in [2.05, 4.69) is 15.6 Å². The smallest absolute Gasteiger partial charge is 0.237 e. The minimum atomic E-state index is -0.478. The standard InChI is InChI=1S/C11H21N5O/c1-11(2,3)9(12)10(17)13-5-4-7-16-8-6-14-15-16/h6,8-9H,4-5,7,12H2,1-3H3,(H,13,17). The van der Waals surface area contributed by atoms with Gasteiger partial charge in [0.2, 0.25) is 5.91 Å². The molecule has 1 amide bonds. The summed E-state index contributed by atoms with van der Waals surface area (Å²) in [5.41, 5.74) is 5.62. The Kier molecular flexibility index (Phi) is 4.62. The van der Waals surface area contributed by atoms with E-state index in [4.69, 9.17) is 5.73 Å². The highest BCUT2D eigenvalue weighted by Gasteiger charge is 2.26. The summed E-state index contributed by atoms with van der Waals surface area (Å²) in [4.78, 5) is 11.7. The number of nitrogens with zero attached hydrogens (tertiary/aromatic N) is 3. The maximum absolute atomic E-state index is 11.7. The summed E-state index contributed by atoms with van der Waals surface area (Å²) in [6.45, 7) is 7.19. The molecule has 0 radical (unpaired) electrons. The summed E-state index contributed by atoms with van der Waals surface area (Å²) in [6, 6.07) is -0.478. The van der Waals surface area contributed by atoms with Gasteiger partial charge < -0.3 is 11.1 Å². The van der Waals surface area contributed by atoms with Crippen molar-refractivity contribution in [1.29, 1.82) is 0 Å². The molecule has 1 heterocycles. The minimum absolute atomic E-state index is 0.101. The normalized spacial score (nSPS) is 13.4. The number of nitrogens with one attached hydrogen (secondary N) is 1. The fourth-order valence-corrected chi connectivity index (χ4v) is 1.31. The Labute approximate surface area is 102 Å². The molecule has 17 heavy (non-hydrogen) atoms. The van der Waals surface area contributed by atoms with Crippen LogP contribution in [0, 0.1) is 5.41 Å². The fourth-order valence-electron chi connectivity index (χ4n) is 1.31. The summed E-state index contributed by atoms with van der Waals surface area (Å²) in [5.74, 6) is -0.101. The number of nitrogens with two attached hydrogens (primary N) is 1. The Morgan fingerprint density at radius 3 is 2.76 bits per heavy atom. The SMILES string of the molecule is CC(C)(C)C(N)C(=O)NCCCn1ccnn1. The molecule has 0 saturated heterocycles. The molecule has 1 atom stereocenters. The molecule has 1 rings (SSSR count). The second kappa shape index (κ2) is 5.77. The summed E-state index contributed by atoms with van der Waals surface area (Å²) < 4.78 is 1.73. The van der Waals surface area contributed by atoms with E-state index in [0.717, 1.165) is 13.0 Å². The average molecular weight is 239 g/mol. The molecule has 0 saturated carbocycles. The summed E-state index contributed by atoms with van der Waals surface area (Å²) in [6.07, 6.45) is 4.24. The summed E-state index contributed by atoms with van der Waals surface area (Å²) in [7, 11) is 0. The van der Waals surface area contributed by atoms with E-state index in [1.54, 1.807) is 17.1 Å². The van der Waals surface area contributed by atoms with E-state index in [-0.39, 0.29) is 11.3 Å². The van der Waals surface area contributed by atoms with E-state index in [9.17, 15) is 4.79 Å². The number of hydrogen-bond acceptors (Lipinski definition) is 4. The third kappa shape index (κ3) is 4.52. The quantitative estimate of drug-likeness (QED) is 0.717. The van der Waals surface area contributed by atoms with Gasteiger partial charge in [0, 0.05) is 19.3 Å². The van der Waals surface area contributed by atoms with Crippen molar-refractivity contribution in [3.8, 4) is 0 Å². The van der Waals surface area contributed by atoms with Gasteiger partial charge in [0.05, 0.1) is 12.2 Å². The van der Waals surface area contributed by atoms with Crippen LogP contribution >= 0.6 is 0 Å². The number of aromatic nitrogens is 3. The van der Waals surface area contributed by atoms with Crippen molar-refractivity contribution in [2.45, 2.75) is 39.8 Å². The fraction of sp³-hybridized carbons (Fsp3) is 0.727. The lowest BCUT2D eigenvalue weighted by molar-refractivity contribution is -0.124. The highest BCUT2D eigenvalue weighted by atomic mass is 16.2. The van der Waals surface area contributed by atoms with Crippen LogP contribution in [0.15, 0.2) is 12.4 Å². The second-order valence-corrected chi connectivity index (χ2v) is 5.15. The first kappa shape index (κ1) is 13.6. The third-order valence-electron chi connectivity index (χ3n) is 2.55. The van der Waals surface area contributed by atoms with Crippen LogP contribution in [-0.2, 0) is 11.3 Å². The molecule has 0 aromatic carbocycles. The van der Waals surface area contributed by atoms with Gasteiger partial charge in [-0.05, 0) is 11.8 Å². The van der Waals surface area contributed by atoms with Crippen LogP contribution in [0.5, 0.6) is 0 Å². The first-order valence-corrected chi connectivity index (χ1v) is 5.78. The van der Waals surface area contributed by atoms with Gasteiger partial charge in [0.1, 0.15) is 0 Å². The predicted octanol–water partition coefficient (Wildman–Crippen LogP) is 0.158. The third-order valence-corrected chi connectivity index (χ3v) is 2.55. The van der Waals surface area contributed by atoms with Crippen molar-refractivity contribution in [2.75, 3.05) is 6.54 Å². The van der Waals surface area contributed by atoms with Gasteiger partial charge in [0.25, 0.3) is 0 Å². The van der Waals surface area contributed by atoms with Crippen LogP contribution < -0.4 is 11.1 Å². The van der Waals surface area contributed by atoms with Crippen LogP contribution in [0.3, 0.4) is 0 Å². The Bertz CT molecular complexity index is 341. The maximum atomic E-state index is 11.7. The number of rotatable bonds is 5. The molecular formula is C11H21N5O. The van der Waals surface area contributed by atoms with Crippen molar-refractivity contribution >= 4 is 5.91 Å². The largest absolute Gasteiger partial charge is 0.355 e. The summed E-state index contributed by atoms with van der Waals surface area (Å²) >= 11 is 0. The Morgan fingerprint density at radius 1 is 1.53 bits per heavy atom. The molecule has 0 spiro atoms. The topological polar surface area (TPSA) is 85.8 Å². The number of hydrogen-bond donors (Lipinski definition) is 2. The molecule has 6 nitrogen and oxygen atoms in total. The highest BCUT2D eigenvalue weighted by molar-refractivity contribution is 5.82. The first-order valence-electron chi connectivity index (χ1n) is 5.78. The molecule has 0 bridgehead atoms. The molecule has 3 N–H and O–H groups in total. The highest BCUT2D eigenvalue weighted by Crippen LogP contribution is 2.16. The van der Waals surface area contributed by atoms with Gasteiger partial charge in [-0.15, -0.1) is 5.10 Å². The van der Waals surface area contributed by atoms with E-state index in [1.807, 2.05) is 20.8 Å². The van der Waals surface area contributed by atoms with Crippen molar-refractivity contribution in [3.05, 3.63) is 12.4 Å². The van der Waals surface area contributed by atoms with Gasteiger partial charge in [0.15, 0.2) is 0 Å². The van der Waals surface area contributed by atoms with E-state index in [1.165, 1.54) is 0 Å². The predicted molar refractivity (Wildman–Crippen MR) is 65.1 cm³/mol. The molecule has 96 valence electrons. The number of carbonyl (C=O) groups is 1. The zero-order valence-electron chi connectivity index (χ0n) is 10.7. The molecule has 1 aromatic rings. The molecule has 1 unspecified atom stereocenters. The van der Waals surface area contributed by atoms with Gasteiger partial charge in [-0.2, -0.15) is 0 Å². The van der Waals surface area contributed by atoms with Gasteiger partial charge in [-0.1, -0.05) is 26.0 Å². The van der Waals surface area contributed by atoms with Gasteiger partial charge in [-0.25, -0.2) is 0 Å². The lowest BCUT2D eigenvalue weighted by atomic mass is 9.87. The van der Waals surface area contributed by atoms with Crippen molar-refractivity contribution < 1.29 is 4.79 Å². The van der Waals surface area contributed by atoms with Gasteiger partial charge in [-0.3, -0.25) is 9.48 Å². The second-order valence-electron chi connectivity index (χ2n) is 5.15. The van der Waals surface area contributed by atoms with Crippen LogP contribution in [0.4, 0.5) is 0 Å². The van der Waals surface area contributed by atoms with Crippen molar-refractivity contribution in [1.82, 2.24) is 20.3 Å². The lowest BCUT2D eigenvalue weighted by Gasteiger charge is -2.25. The molecular weight excluding hydrogens is 218 g/mol.